The molecule has 3 nitrogen and oxygen atoms in total. The lowest BCUT2D eigenvalue weighted by Crippen LogP contribution is -1.93. The molecule has 1 heterocycles. The highest BCUT2D eigenvalue weighted by molar-refractivity contribution is 5.76. The van der Waals surface area contributed by atoms with Crippen molar-refractivity contribution in [2.45, 2.75) is 26.9 Å². The first-order valence-electron chi connectivity index (χ1n) is 5.19. The third-order valence-corrected chi connectivity index (χ3v) is 2.30. The van der Waals surface area contributed by atoms with E-state index in [1.807, 2.05) is 12.1 Å². The molecule has 80 valence electrons. The largest absolute Gasteiger partial charge is 0.438 e. The zero-order valence-corrected chi connectivity index (χ0v) is 9.03. The summed E-state index contributed by atoms with van der Waals surface area (Å²) < 4.78 is 5.49. The normalized spacial score (nSPS) is 11.5. The molecule has 2 aromatic rings. The minimum atomic E-state index is -0.143. The molecule has 0 spiro atoms. The van der Waals surface area contributed by atoms with Crippen LogP contribution in [0.15, 0.2) is 22.6 Å². The third-order valence-electron chi connectivity index (χ3n) is 2.30. The lowest BCUT2D eigenvalue weighted by molar-refractivity contribution is 0.243. The van der Waals surface area contributed by atoms with Crippen LogP contribution in [0, 0.1) is 5.92 Å². The Hall–Kier alpha value is -1.35. The standard InChI is InChI=1S/C12H15NO2/c1-8(2)6-9-4-3-5-10-12(9)15-11(7-14)13-10/h3-5,8,14H,6-7H2,1-2H3. The minimum absolute atomic E-state index is 0.143. The maximum absolute atomic E-state index is 8.96. The molecule has 0 aliphatic heterocycles. The Morgan fingerprint density at radius 1 is 1.40 bits per heavy atom. The number of nitrogens with zero attached hydrogens (tertiary/aromatic N) is 1. The molecule has 0 aliphatic carbocycles. The number of aliphatic hydroxyl groups is 1. The molecule has 0 bridgehead atoms. The molecule has 0 fully saturated rings. The van der Waals surface area contributed by atoms with Crippen molar-refractivity contribution in [2.24, 2.45) is 5.92 Å². The zero-order valence-electron chi connectivity index (χ0n) is 9.03. The first kappa shape index (κ1) is 10.2. The molecule has 0 unspecified atom stereocenters. The highest BCUT2D eigenvalue weighted by Crippen LogP contribution is 2.22. The summed E-state index contributed by atoms with van der Waals surface area (Å²) in [6, 6.07) is 5.93. The molecule has 0 saturated heterocycles. The van der Waals surface area contributed by atoms with Gasteiger partial charge in [0.15, 0.2) is 5.58 Å². The van der Waals surface area contributed by atoms with Gasteiger partial charge < -0.3 is 9.52 Å². The molecule has 0 atom stereocenters. The fourth-order valence-corrected chi connectivity index (χ4v) is 1.72. The van der Waals surface area contributed by atoms with Gasteiger partial charge in [-0.15, -0.1) is 0 Å². The van der Waals surface area contributed by atoms with Crippen molar-refractivity contribution >= 4 is 11.1 Å². The van der Waals surface area contributed by atoms with Crippen LogP contribution in [0.25, 0.3) is 11.1 Å². The smallest absolute Gasteiger partial charge is 0.221 e. The topological polar surface area (TPSA) is 46.3 Å². The second kappa shape index (κ2) is 4.03. The third kappa shape index (κ3) is 2.02. The van der Waals surface area contributed by atoms with Gasteiger partial charge >= 0.3 is 0 Å². The number of oxazole rings is 1. The molecule has 15 heavy (non-hydrogen) atoms. The Morgan fingerprint density at radius 2 is 2.20 bits per heavy atom. The van der Waals surface area contributed by atoms with E-state index in [2.05, 4.69) is 24.9 Å². The summed E-state index contributed by atoms with van der Waals surface area (Å²) in [4.78, 5) is 4.18. The molecule has 3 heteroatoms. The van der Waals surface area contributed by atoms with Gasteiger partial charge in [0.2, 0.25) is 5.89 Å². The molecule has 0 aliphatic rings. The molecular formula is C12H15NO2. The highest BCUT2D eigenvalue weighted by Gasteiger charge is 2.09. The number of hydrogen-bond acceptors (Lipinski definition) is 3. The van der Waals surface area contributed by atoms with Crippen molar-refractivity contribution in [2.75, 3.05) is 0 Å². The van der Waals surface area contributed by atoms with Crippen molar-refractivity contribution in [3.63, 3.8) is 0 Å². The highest BCUT2D eigenvalue weighted by atomic mass is 16.4. The van der Waals surface area contributed by atoms with E-state index in [1.165, 1.54) is 0 Å². The van der Waals surface area contributed by atoms with Crippen LogP contribution in [0.2, 0.25) is 0 Å². The monoisotopic (exact) mass is 205 g/mol. The second-order valence-corrected chi connectivity index (χ2v) is 4.13. The SMILES string of the molecule is CC(C)Cc1cccc2nc(CO)oc12. The van der Waals surface area contributed by atoms with E-state index >= 15 is 0 Å². The van der Waals surface area contributed by atoms with Gasteiger partial charge in [-0.05, 0) is 24.0 Å². The number of benzene rings is 1. The van der Waals surface area contributed by atoms with E-state index in [-0.39, 0.29) is 6.61 Å². The predicted octanol–water partition coefficient (Wildman–Crippen LogP) is 2.52. The predicted molar refractivity (Wildman–Crippen MR) is 58.5 cm³/mol. The van der Waals surface area contributed by atoms with Crippen molar-refractivity contribution in [1.29, 1.82) is 0 Å². The zero-order chi connectivity index (χ0) is 10.8. The van der Waals surface area contributed by atoms with Crippen molar-refractivity contribution in [3.05, 3.63) is 29.7 Å². The van der Waals surface area contributed by atoms with Crippen LogP contribution in [0.5, 0.6) is 0 Å². The maximum atomic E-state index is 8.96. The number of aromatic nitrogens is 1. The lowest BCUT2D eigenvalue weighted by atomic mass is 10.0. The van der Waals surface area contributed by atoms with Gasteiger partial charge in [0.1, 0.15) is 12.1 Å². The van der Waals surface area contributed by atoms with E-state index in [1.54, 1.807) is 0 Å². The molecule has 1 aromatic carbocycles. The van der Waals surface area contributed by atoms with Crippen LogP contribution in [0.3, 0.4) is 0 Å². The Labute approximate surface area is 88.7 Å². The van der Waals surface area contributed by atoms with Gasteiger partial charge in [-0.25, -0.2) is 4.98 Å². The Kier molecular flexibility index (Phi) is 2.73. The lowest BCUT2D eigenvalue weighted by Gasteiger charge is -2.04. The number of rotatable bonds is 3. The molecule has 1 aromatic heterocycles. The summed E-state index contributed by atoms with van der Waals surface area (Å²) in [6.45, 7) is 4.19. The van der Waals surface area contributed by atoms with Crippen LogP contribution in [0.1, 0.15) is 25.3 Å². The van der Waals surface area contributed by atoms with E-state index in [4.69, 9.17) is 9.52 Å². The van der Waals surface area contributed by atoms with Crippen LogP contribution < -0.4 is 0 Å². The first-order chi connectivity index (χ1) is 7.20. The summed E-state index contributed by atoms with van der Waals surface area (Å²) >= 11 is 0. The van der Waals surface area contributed by atoms with E-state index in [0.29, 0.717) is 11.8 Å². The molecular weight excluding hydrogens is 190 g/mol. The van der Waals surface area contributed by atoms with Crippen molar-refractivity contribution < 1.29 is 9.52 Å². The minimum Gasteiger partial charge on any atom is -0.438 e. The van der Waals surface area contributed by atoms with Gasteiger partial charge in [-0.3, -0.25) is 0 Å². The van der Waals surface area contributed by atoms with Crippen LogP contribution in [-0.2, 0) is 13.0 Å². The number of fused-ring (bicyclic) bond motifs is 1. The summed E-state index contributed by atoms with van der Waals surface area (Å²) in [5.41, 5.74) is 2.81. The van der Waals surface area contributed by atoms with Crippen LogP contribution >= 0.6 is 0 Å². The van der Waals surface area contributed by atoms with Gasteiger partial charge in [-0.1, -0.05) is 26.0 Å². The van der Waals surface area contributed by atoms with Gasteiger partial charge in [0, 0.05) is 0 Å². The van der Waals surface area contributed by atoms with Gasteiger partial charge in [-0.2, -0.15) is 0 Å². The van der Waals surface area contributed by atoms with Gasteiger partial charge in [0.05, 0.1) is 0 Å². The summed E-state index contributed by atoms with van der Waals surface area (Å²) in [5.74, 6) is 0.972. The number of hydrogen-bond donors (Lipinski definition) is 1. The molecule has 1 N–H and O–H groups in total. The fourth-order valence-electron chi connectivity index (χ4n) is 1.72. The average Bonchev–Trinajstić information content (AvgIpc) is 2.61. The van der Waals surface area contributed by atoms with E-state index < -0.39 is 0 Å². The number of para-hydroxylation sites is 1. The van der Waals surface area contributed by atoms with E-state index in [9.17, 15) is 0 Å². The molecule has 2 rings (SSSR count). The number of aliphatic hydroxyl groups excluding tert-OH is 1. The summed E-state index contributed by atoms with van der Waals surface area (Å²) in [7, 11) is 0. The Morgan fingerprint density at radius 3 is 2.87 bits per heavy atom. The second-order valence-electron chi connectivity index (χ2n) is 4.13. The first-order valence-corrected chi connectivity index (χ1v) is 5.19. The molecule has 0 amide bonds. The van der Waals surface area contributed by atoms with E-state index in [0.717, 1.165) is 23.1 Å². The van der Waals surface area contributed by atoms with Crippen LogP contribution in [-0.4, -0.2) is 10.1 Å². The average molecular weight is 205 g/mol. The quantitative estimate of drug-likeness (QED) is 0.837. The maximum Gasteiger partial charge on any atom is 0.221 e. The Balaban J connectivity index is 2.49. The summed E-state index contributed by atoms with van der Waals surface area (Å²) in [6.07, 6.45) is 0.970. The van der Waals surface area contributed by atoms with Gasteiger partial charge in [0.25, 0.3) is 0 Å². The van der Waals surface area contributed by atoms with Crippen molar-refractivity contribution in [3.8, 4) is 0 Å². The van der Waals surface area contributed by atoms with Crippen molar-refractivity contribution in [1.82, 2.24) is 4.98 Å². The fraction of sp³-hybridized carbons (Fsp3) is 0.417. The Bertz CT molecular complexity index is 460. The van der Waals surface area contributed by atoms with Crippen LogP contribution in [0.4, 0.5) is 0 Å². The summed E-state index contributed by atoms with van der Waals surface area (Å²) in [5, 5.41) is 8.96. The molecule has 0 saturated carbocycles. The molecule has 0 radical (unpaired) electrons.